The lowest BCUT2D eigenvalue weighted by Crippen LogP contribution is -2.23. The molecular weight excluding hydrogens is 338 g/mol. The minimum atomic E-state index is -3.72. The summed E-state index contributed by atoms with van der Waals surface area (Å²) in [7, 11) is -2.46. The Labute approximate surface area is 138 Å². The highest BCUT2D eigenvalue weighted by molar-refractivity contribution is 7.89. The monoisotopic (exact) mass is 355 g/mol. The normalized spacial score (nSPS) is 11.4. The fourth-order valence-corrected chi connectivity index (χ4v) is 3.63. The average molecular weight is 355 g/mol. The number of hydrogen-bond acceptors (Lipinski definition) is 6. The third-order valence-corrected chi connectivity index (χ3v) is 5.64. The smallest absolute Gasteiger partial charge is 0.293 e. The van der Waals surface area contributed by atoms with Crippen molar-refractivity contribution in [1.29, 1.82) is 0 Å². The minimum Gasteiger partial charge on any atom is -0.361 e. The summed E-state index contributed by atoms with van der Waals surface area (Å²) in [4.78, 5) is 13.6. The van der Waals surface area contributed by atoms with Gasteiger partial charge in [-0.2, -0.15) is 0 Å². The Hall–Kier alpha value is -1.97. The lowest BCUT2D eigenvalue weighted by molar-refractivity contribution is -0.384. The van der Waals surface area contributed by atoms with Gasteiger partial charge in [-0.25, -0.2) is 13.1 Å². The molecule has 0 bridgehead atoms. The molecule has 23 heavy (non-hydrogen) atoms. The van der Waals surface area contributed by atoms with Crippen LogP contribution in [0.1, 0.15) is 11.8 Å². The van der Waals surface area contributed by atoms with E-state index in [1.165, 1.54) is 19.2 Å². The largest absolute Gasteiger partial charge is 0.361 e. The summed E-state index contributed by atoms with van der Waals surface area (Å²) < 4.78 is 25.8. The van der Waals surface area contributed by atoms with Gasteiger partial charge in [-0.1, -0.05) is 6.07 Å². The molecule has 2 rings (SSSR count). The van der Waals surface area contributed by atoms with Gasteiger partial charge >= 0.3 is 0 Å². The van der Waals surface area contributed by atoms with Crippen LogP contribution in [0.5, 0.6) is 0 Å². The standard InChI is InChI=1S/C14H17N3O4S2/c1-3-16(10-11-5-4-8-22-11)13-7-6-12(23(20,21)15-2)9-14(13)17(18)19/h4-9,15H,3,10H2,1-2H3. The maximum atomic E-state index is 11.8. The first-order valence-corrected chi connectivity index (χ1v) is 9.24. The van der Waals surface area contributed by atoms with Crippen molar-refractivity contribution in [3.8, 4) is 0 Å². The van der Waals surface area contributed by atoms with E-state index in [1.54, 1.807) is 11.3 Å². The van der Waals surface area contributed by atoms with Gasteiger partial charge in [0.25, 0.3) is 5.69 Å². The van der Waals surface area contributed by atoms with Crippen LogP contribution in [0.2, 0.25) is 0 Å². The van der Waals surface area contributed by atoms with E-state index in [-0.39, 0.29) is 10.6 Å². The lowest BCUT2D eigenvalue weighted by atomic mass is 10.2. The molecule has 1 N–H and O–H groups in total. The average Bonchev–Trinajstić information content (AvgIpc) is 3.05. The molecule has 0 aliphatic rings. The van der Waals surface area contributed by atoms with Gasteiger partial charge in [-0.15, -0.1) is 11.3 Å². The highest BCUT2D eigenvalue weighted by atomic mass is 32.2. The molecule has 0 saturated carbocycles. The van der Waals surface area contributed by atoms with Gasteiger partial charge in [-0.3, -0.25) is 10.1 Å². The molecule has 7 nitrogen and oxygen atoms in total. The molecule has 0 radical (unpaired) electrons. The third-order valence-electron chi connectivity index (χ3n) is 3.37. The molecule has 0 spiro atoms. The molecule has 2 aromatic rings. The Morgan fingerprint density at radius 2 is 2.09 bits per heavy atom. The number of thiophene rings is 1. The van der Waals surface area contributed by atoms with Crippen LogP contribution in [0.15, 0.2) is 40.6 Å². The van der Waals surface area contributed by atoms with Crippen LogP contribution in [-0.4, -0.2) is 26.9 Å². The van der Waals surface area contributed by atoms with Crippen LogP contribution in [0.4, 0.5) is 11.4 Å². The molecule has 1 aromatic heterocycles. The summed E-state index contributed by atoms with van der Waals surface area (Å²) in [5.74, 6) is 0. The molecule has 9 heteroatoms. The van der Waals surface area contributed by atoms with Crippen molar-refractivity contribution in [2.45, 2.75) is 18.4 Å². The van der Waals surface area contributed by atoms with Crippen LogP contribution >= 0.6 is 11.3 Å². The van der Waals surface area contributed by atoms with Gasteiger partial charge in [0.05, 0.1) is 16.4 Å². The number of nitro benzene ring substituents is 1. The number of sulfonamides is 1. The first-order valence-electron chi connectivity index (χ1n) is 6.88. The summed E-state index contributed by atoms with van der Waals surface area (Å²) in [5, 5.41) is 13.3. The SMILES string of the molecule is CCN(Cc1cccs1)c1ccc(S(=O)(=O)NC)cc1[N+](=O)[O-]. The van der Waals surface area contributed by atoms with Crippen LogP contribution in [-0.2, 0) is 16.6 Å². The second-order valence-corrected chi connectivity index (χ2v) is 7.63. The highest BCUT2D eigenvalue weighted by Crippen LogP contribution is 2.32. The third kappa shape index (κ3) is 3.87. The van der Waals surface area contributed by atoms with Crippen molar-refractivity contribution >= 4 is 32.7 Å². The van der Waals surface area contributed by atoms with E-state index in [9.17, 15) is 18.5 Å². The Bertz CT molecular complexity index is 788. The van der Waals surface area contributed by atoms with E-state index in [1.807, 2.05) is 29.3 Å². The zero-order valence-electron chi connectivity index (χ0n) is 12.7. The molecule has 0 unspecified atom stereocenters. The topological polar surface area (TPSA) is 92.6 Å². The maximum absolute atomic E-state index is 11.8. The van der Waals surface area contributed by atoms with Crippen LogP contribution in [0.3, 0.4) is 0 Å². The molecule has 0 amide bonds. The second kappa shape index (κ2) is 7.07. The Balaban J connectivity index is 2.46. The van der Waals surface area contributed by atoms with Gasteiger partial charge in [0, 0.05) is 17.5 Å². The first kappa shape index (κ1) is 17.4. The summed E-state index contributed by atoms with van der Waals surface area (Å²) in [6, 6.07) is 7.84. The molecule has 0 atom stereocenters. The van der Waals surface area contributed by atoms with Crippen LogP contribution in [0.25, 0.3) is 0 Å². The van der Waals surface area contributed by atoms with Crippen molar-refractivity contribution in [2.24, 2.45) is 0 Å². The Kier molecular flexibility index (Phi) is 5.34. The van der Waals surface area contributed by atoms with Crippen molar-refractivity contribution < 1.29 is 13.3 Å². The van der Waals surface area contributed by atoms with Crippen molar-refractivity contribution in [3.05, 3.63) is 50.7 Å². The number of hydrogen-bond donors (Lipinski definition) is 1. The summed E-state index contributed by atoms with van der Waals surface area (Å²) in [6.07, 6.45) is 0. The second-order valence-electron chi connectivity index (χ2n) is 4.71. The molecule has 0 aliphatic heterocycles. The number of benzene rings is 1. The van der Waals surface area contributed by atoms with Gasteiger partial charge in [-0.05, 0) is 37.6 Å². The highest BCUT2D eigenvalue weighted by Gasteiger charge is 2.23. The Morgan fingerprint density at radius 3 is 2.61 bits per heavy atom. The van der Waals surface area contributed by atoms with Crippen LogP contribution in [0, 0.1) is 10.1 Å². The van der Waals surface area contributed by atoms with E-state index >= 15 is 0 Å². The molecule has 1 heterocycles. The predicted octanol–water partition coefficient (Wildman–Crippen LogP) is 2.59. The summed E-state index contributed by atoms with van der Waals surface area (Å²) in [6.45, 7) is 3.00. The fourth-order valence-electron chi connectivity index (χ4n) is 2.16. The van der Waals surface area contributed by atoms with Crippen molar-refractivity contribution in [1.82, 2.24) is 4.72 Å². The number of nitrogens with one attached hydrogen (secondary N) is 1. The lowest BCUT2D eigenvalue weighted by Gasteiger charge is -2.22. The van der Waals surface area contributed by atoms with E-state index in [0.717, 1.165) is 10.9 Å². The molecule has 0 aliphatic carbocycles. The number of anilines is 1. The summed E-state index contributed by atoms with van der Waals surface area (Å²) >= 11 is 1.57. The van der Waals surface area contributed by atoms with Gasteiger partial charge in [0.2, 0.25) is 10.0 Å². The quantitative estimate of drug-likeness (QED) is 0.609. The zero-order chi connectivity index (χ0) is 17.0. The summed E-state index contributed by atoms with van der Waals surface area (Å²) in [5.41, 5.74) is 0.181. The molecule has 1 aromatic carbocycles. The number of rotatable bonds is 7. The maximum Gasteiger partial charge on any atom is 0.293 e. The van der Waals surface area contributed by atoms with Crippen molar-refractivity contribution in [3.63, 3.8) is 0 Å². The minimum absolute atomic E-state index is 0.123. The van der Waals surface area contributed by atoms with E-state index < -0.39 is 14.9 Å². The van der Waals surface area contributed by atoms with Crippen molar-refractivity contribution in [2.75, 3.05) is 18.5 Å². The molecule has 124 valence electrons. The molecular formula is C14H17N3O4S2. The van der Waals surface area contributed by atoms with E-state index in [4.69, 9.17) is 0 Å². The number of nitrogens with zero attached hydrogens (tertiary/aromatic N) is 2. The molecule has 0 fully saturated rings. The van der Waals surface area contributed by atoms with Gasteiger partial charge < -0.3 is 4.90 Å². The van der Waals surface area contributed by atoms with E-state index in [2.05, 4.69) is 4.72 Å². The Morgan fingerprint density at radius 1 is 1.35 bits per heavy atom. The van der Waals surface area contributed by atoms with Gasteiger partial charge in [0.1, 0.15) is 5.69 Å². The van der Waals surface area contributed by atoms with E-state index in [0.29, 0.717) is 18.8 Å². The fraction of sp³-hybridized carbons (Fsp3) is 0.286. The van der Waals surface area contributed by atoms with Gasteiger partial charge in [0.15, 0.2) is 0 Å². The van der Waals surface area contributed by atoms with Crippen LogP contribution < -0.4 is 9.62 Å². The molecule has 0 saturated heterocycles. The first-order chi connectivity index (χ1) is 10.9. The zero-order valence-corrected chi connectivity index (χ0v) is 14.4. The number of nitro groups is 1. The predicted molar refractivity (Wildman–Crippen MR) is 90.4 cm³/mol.